The van der Waals surface area contributed by atoms with E-state index in [1.807, 2.05) is 19.1 Å². The Balaban J connectivity index is 3.18. The van der Waals surface area contributed by atoms with Crippen LogP contribution in [0.25, 0.3) is 6.08 Å². The maximum Gasteiger partial charge on any atom is 0.270 e. The fourth-order valence-electron chi connectivity index (χ4n) is 0.952. The molecular weight excluding hydrogens is 281 g/mol. The summed E-state index contributed by atoms with van der Waals surface area (Å²) < 4.78 is 1.02. The lowest BCUT2D eigenvalue weighted by atomic mass is 10.2. The van der Waals surface area contributed by atoms with Crippen LogP contribution in [0.2, 0.25) is 0 Å². The quantitative estimate of drug-likeness (QED) is 0.476. The van der Waals surface area contributed by atoms with E-state index >= 15 is 0 Å². The molecule has 0 aliphatic rings. The third-order valence-electron chi connectivity index (χ3n) is 1.54. The molecule has 0 N–H and O–H groups in total. The minimum atomic E-state index is -0.386. The highest BCUT2D eigenvalue weighted by Gasteiger charge is 2.06. The number of nitrogens with zero attached hydrogens (tertiary/aromatic N) is 1. The summed E-state index contributed by atoms with van der Waals surface area (Å²) in [7, 11) is 0. The molecule has 0 radical (unpaired) electrons. The molecule has 0 saturated heterocycles. The fraction of sp³-hybridized carbons (Fsp3) is 0.111. The van der Waals surface area contributed by atoms with Gasteiger partial charge in [-0.25, -0.2) is 0 Å². The Bertz CT molecular complexity index is 361. The maximum absolute atomic E-state index is 10.4. The summed E-state index contributed by atoms with van der Waals surface area (Å²) in [5, 5.41) is 10.4. The van der Waals surface area contributed by atoms with Crippen LogP contribution < -0.4 is 0 Å². The van der Waals surface area contributed by atoms with Gasteiger partial charge in [-0.1, -0.05) is 12.2 Å². The van der Waals surface area contributed by atoms with Crippen molar-refractivity contribution in [1.29, 1.82) is 0 Å². The van der Waals surface area contributed by atoms with Gasteiger partial charge in [-0.3, -0.25) is 10.1 Å². The molecule has 0 spiro atoms. The van der Waals surface area contributed by atoms with Crippen LogP contribution in [0.1, 0.15) is 12.5 Å². The molecule has 1 rings (SSSR count). The van der Waals surface area contributed by atoms with Crippen molar-refractivity contribution in [1.82, 2.24) is 0 Å². The van der Waals surface area contributed by atoms with Gasteiger partial charge in [-0.15, -0.1) is 0 Å². The SMILES string of the molecule is CC=Cc1cc([N+](=O)[O-])ccc1I. The van der Waals surface area contributed by atoms with Gasteiger partial charge in [0.05, 0.1) is 4.92 Å². The third-order valence-corrected chi connectivity index (χ3v) is 2.52. The van der Waals surface area contributed by atoms with Gasteiger partial charge in [0.15, 0.2) is 0 Å². The van der Waals surface area contributed by atoms with Gasteiger partial charge in [0.25, 0.3) is 5.69 Å². The standard InChI is InChI=1S/C9H8INO2/c1-2-3-7-6-8(11(12)13)4-5-9(7)10/h2-6H,1H3. The molecule has 68 valence electrons. The molecule has 0 atom stereocenters. The Morgan fingerprint density at radius 1 is 1.54 bits per heavy atom. The van der Waals surface area contributed by atoms with E-state index in [1.165, 1.54) is 6.07 Å². The summed E-state index contributed by atoms with van der Waals surface area (Å²) >= 11 is 2.15. The molecule has 3 nitrogen and oxygen atoms in total. The number of hydrogen-bond acceptors (Lipinski definition) is 2. The molecule has 0 aliphatic heterocycles. The number of non-ortho nitro benzene ring substituents is 1. The molecule has 0 aliphatic carbocycles. The van der Waals surface area contributed by atoms with Crippen LogP contribution in [-0.2, 0) is 0 Å². The van der Waals surface area contributed by atoms with Crippen molar-refractivity contribution in [3.05, 3.63) is 43.5 Å². The van der Waals surface area contributed by atoms with E-state index in [2.05, 4.69) is 22.6 Å². The van der Waals surface area contributed by atoms with Gasteiger partial charge in [0, 0.05) is 15.7 Å². The molecule has 0 aromatic heterocycles. The molecule has 13 heavy (non-hydrogen) atoms. The minimum absolute atomic E-state index is 0.133. The summed E-state index contributed by atoms with van der Waals surface area (Å²) in [5.41, 5.74) is 1.02. The molecule has 0 fully saturated rings. The molecule has 0 bridgehead atoms. The lowest BCUT2D eigenvalue weighted by molar-refractivity contribution is -0.384. The smallest absolute Gasteiger partial charge is 0.258 e. The van der Waals surface area contributed by atoms with Crippen LogP contribution in [0.3, 0.4) is 0 Å². The second-order valence-corrected chi connectivity index (χ2v) is 3.63. The van der Waals surface area contributed by atoms with E-state index in [1.54, 1.807) is 12.1 Å². The van der Waals surface area contributed by atoms with Crippen molar-refractivity contribution >= 4 is 34.4 Å². The van der Waals surface area contributed by atoms with Crippen molar-refractivity contribution < 1.29 is 4.92 Å². The van der Waals surface area contributed by atoms with Crippen LogP contribution in [0.4, 0.5) is 5.69 Å². The second-order valence-electron chi connectivity index (χ2n) is 2.46. The van der Waals surface area contributed by atoms with E-state index in [-0.39, 0.29) is 10.6 Å². The summed E-state index contributed by atoms with van der Waals surface area (Å²) in [5.74, 6) is 0. The van der Waals surface area contributed by atoms with Gasteiger partial charge in [-0.05, 0) is 41.1 Å². The summed E-state index contributed by atoms with van der Waals surface area (Å²) in [6.45, 7) is 1.88. The van der Waals surface area contributed by atoms with Gasteiger partial charge in [0.1, 0.15) is 0 Å². The van der Waals surface area contributed by atoms with E-state index < -0.39 is 0 Å². The first-order valence-electron chi connectivity index (χ1n) is 3.72. The minimum Gasteiger partial charge on any atom is -0.258 e. The molecule has 0 unspecified atom stereocenters. The predicted octanol–water partition coefficient (Wildman–Crippen LogP) is 3.23. The summed E-state index contributed by atoms with van der Waals surface area (Å²) in [4.78, 5) is 10.1. The molecule has 4 heteroatoms. The number of hydrogen-bond donors (Lipinski definition) is 0. The van der Waals surface area contributed by atoms with Crippen LogP contribution >= 0.6 is 22.6 Å². The van der Waals surface area contributed by atoms with Crippen molar-refractivity contribution in [3.63, 3.8) is 0 Å². The maximum atomic E-state index is 10.4. The lowest BCUT2D eigenvalue weighted by Gasteiger charge is -1.97. The average molecular weight is 289 g/mol. The Kier molecular flexibility index (Phi) is 3.41. The molecule has 1 aromatic rings. The Morgan fingerprint density at radius 3 is 2.77 bits per heavy atom. The van der Waals surface area contributed by atoms with Gasteiger partial charge in [-0.2, -0.15) is 0 Å². The third kappa shape index (κ3) is 2.51. The van der Waals surface area contributed by atoms with Crippen molar-refractivity contribution in [3.8, 4) is 0 Å². The average Bonchev–Trinajstić information content (AvgIpc) is 2.08. The fourth-order valence-corrected chi connectivity index (χ4v) is 1.47. The van der Waals surface area contributed by atoms with Crippen molar-refractivity contribution in [2.24, 2.45) is 0 Å². The number of halogens is 1. The predicted molar refractivity (Wildman–Crippen MR) is 60.5 cm³/mol. The molecule has 1 aromatic carbocycles. The highest BCUT2D eigenvalue weighted by molar-refractivity contribution is 14.1. The van der Waals surface area contributed by atoms with Crippen molar-refractivity contribution in [2.45, 2.75) is 6.92 Å². The topological polar surface area (TPSA) is 43.1 Å². The molecule has 0 amide bonds. The van der Waals surface area contributed by atoms with Crippen LogP contribution in [0.15, 0.2) is 24.3 Å². The number of nitro benzene ring substituents is 1. The van der Waals surface area contributed by atoms with Crippen LogP contribution in [0, 0.1) is 13.7 Å². The second kappa shape index (κ2) is 4.36. The zero-order chi connectivity index (χ0) is 9.84. The van der Waals surface area contributed by atoms with E-state index in [0.29, 0.717) is 0 Å². The van der Waals surface area contributed by atoms with Crippen LogP contribution in [0.5, 0.6) is 0 Å². The Hall–Kier alpha value is -0.910. The van der Waals surface area contributed by atoms with E-state index in [0.717, 1.165) is 9.13 Å². The first kappa shape index (κ1) is 10.2. The summed E-state index contributed by atoms with van der Waals surface area (Å²) in [6, 6.07) is 4.82. The van der Waals surface area contributed by atoms with Gasteiger partial charge >= 0.3 is 0 Å². The molecule has 0 heterocycles. The first-order chi connectivity index (χ1) is 6.15. The Labute approximate surface area is 89.8 Å². The number of rotatable bonds is 2. The highest BCUT2D eigenvalue weighted by Crippen LogP contribution is 2.20. The highest BCUT2D eigenvalue weighted by atomic mass is 127. The first-order valence-corrected chi connectivity index (χ1v) is 4.79. The monoisotopic (exact) mass is 289 g/mol. The number of benzene rings is 1. The number of nitro groups is 1. The van der Waals surface area contributed by atoms with Gasteiger partial charge < -0.3 is 0 Å². The van der Waals surface area contributed by atoms with Crippen molar-refractivity contribution in [2.75, 3.05) is 0 Å². The van der Waals surface area contributed by atoms with E-state index in [9.17, 15) is 10.1 Å². The normalized spacial score (nSPS) is 10.6. The zero-order valence-corrected chi connectivity index (χ0v) is 9.19. The number of allylic oxidation sites excluding steroid dienone is 1. The van der Waals surface area contributed by atoms with Gasteiger partial charge in [0.2, 0.25) is 0 Å². The summed E-state index contributed by atoms with van der Waals surface area (Å²) in [6.07, 6.45) is 3.72. The molecule has 0 saturated carbocycles. The largest absolute Gasteiger partial charge is 0.270 e. The Morgan fingerprint density at radius 2 is 2.23 bits per heavy atom. The zero-order valence-electron chi connectivity index (χ0n) is 7.03. The van der Waals surface area contributed by atoms with Crippen LogP contribution in [-0.4, -0.2) is 4.92 Å². The van der Waals surface area contributed by atoms with E-state index in [4.69, 9.17) is 0 Å². The lowest BCUT2D eigenvalue weighted by Crippen LogP contribution is -1.89. The molecular formula is C9H8INO2.